The van der Waals surface area contributed by atoms with Gasteiger partial charge in [0.15, 0.2) is 0 Å². The summed E-state index contributed by atoms with van der Waals surface area (Å²) in [5, 5.41) is 22.9. The van der Waals surface area contributed by atoms with E-state index in [0.717, 1.165) is 6.92 Å². The molecular formula is C15H24O10P2-6. The summed E-state index contributed by atoms with van der Waals surface area (Å²) < 4.78 is 23.0. The highest BCUT2D eigenvalue weighted by atomic mass is 31.2. The first-order valence-electron chi connectivity index (χ1n) is 8.39. The molecule has 0 saturated heterocycles. The summed E-state index contributed by atoms with van der Waals surface area (Å²) in [5.74, 6) is -3.44. The van der Waals surface area contributed by atoms with Gasteiger partial charge in [-0.2, -0.15) is 0 Å². The van der Waals surface area contributed by atoms with E-state index in [-0.39, 0.29) is 12.8 Å². The molecular weight excluding hydrogens is 402 g/mol. The Kier molecular flexibility index (Phi) is 8.90. The molecule has 4 unspecified atom stereocenters. The molecule has 0 bridgehead atoms. The van der Waals surface area contributed by atoms with Gasteiger partial charge in [-0.05, 0) is 43.4 Å². The second-order valence-corrected chi connectivity index (χ2v) is 11.1. The highest BCUT2D eigenvalue weighted by Crippen LogP contribution is 2.49. The van der Waals surface area contributed by atoms with Gasteiger partial charge in [-0.25, -0.2) is 0 Å². The number of hydrogen-bond donors (Lipinski definition) is 0. The fourth-order valence-electron chi connectivity index (χ4n) is 2.96. The normalized spacial score (nSPS) is 19.6. The van der Waals surface area contributed by atoms with Crippen LogP contribution in [0, 0.1) is 10.8 Å². The zero-order valence-electron chi connectivity index (χ0n) is 15.7. The van der Waals surface area contributed by atoms with E-state index in [9.17, 15) is 48.5 Å². The van der Waals surface area contributed by atoms with Crippen LogP contribution in [0.2, 0.25) is 0 Å². The summed E-state index contributed by atoms with van der Waals surface area (Å²) in [6.07, 6.45) is -2.63. The van der Waals surface area contributed by atoms with Crippen molar-refractivity contribution >= 4 is 27.1 Å². The van der Waals surface area contributed by atoms with Crippen LogP contribution in [-0.4, -0.2) is 23.3 Å². The number of carboxylic acids is 2. The van der Waals surface area contributed by atoms with Gasteiger partial charge in [0.05, 0.1) is 0 Å². The first-order valence-corrected chi connectivity index (χ1v) is 11.6. The zero-order chi connectivity index (χ0) is 21.8. The zero-order valence-corrected chi connectivity index (χ0v) is 17.5. The van der Waals surface area contributed by atoms with Gasteiger partial charge >= 0.3 is 0 Å². The predicted molar refractivity (Wildman–Crippen MR) is 83.5 cm³/mol. The maximum absolute atomic E-state index is 11.7. The van der Waals surface area contributed by atoms with Crippen LogP contribution >= 0.6 is 15.2 Å². The van der Waals surface area contributed by atoms with E-state index in [2.05, 4.69) is 0 Å². The number of hydrogen-bond acceptors (Lipinski definition) is 10. The molecule has 160 valence electrons. The maximum atomic E-state index is 11.7. The summed E-state index contributed by atoms with van der Waals surface area (Å²) >= 11 is 0. The Morgan fingerprint density at radius 3 is 1.37 bits per heavy atom. The van der Waals surface area contributed by atoms with Crippen LogP contribution in [0.4, 0.5) is 0 Å². The highest BCUT2D eigenvalue weighted by molar-refractivity contribution is 7.49. The molecule has 0 aromatic carbocycles. The molecule has 27 heavy (non-hydrogen) atoms. The van der Waals surface area contributed by atoms with E-state index in [0.29, 0.717) is 0 Å². The van der Waals surface area contributed by atoms with Gasteiger partial charge in [-0.15, -0.1) is 0 Å². The van der Waals surface area contributed by atoms with E-state index < -0.39 is 68.5 Å². The van der Waals surface area contributed by atoms with Crippen LogP contribution in [0.3, 0.4) is 0 Å². The van der Waals surface area contributed by atoms with E-state index in [1.54, 1.807) is 0 Å². The molecule has 0 amide bonds. The Bertz CT molecular complexity index is 639. The third-order valence-corrected chi connectivity index (χ3v) is 7.89. The molecule has 0 aromatic rings. The molecule has 10 nitrogen and oxygen atoms in total. The smallest absolute Gasteiger partial charge is 0.0473 e. The largest absolute Gasteiger partial charge is 0.811 e. The first-order chi connectivity index (χ1) is 11.9. The lowest BCUT2D eigenvalue weighted by Crippen LogP contribution is -2.48. The highest BCUT2D eigenvalue weighted by Gasteiger charge is 2.37. The van der Waals surface area contributed by atoms with Gasteiger partial charge in [0.1, 0.15) is 0 Å². The second kappa shape index (κ2) is 9.16. The fraction of sp³-hybridized carbons (Fsp3) is 0.867. The Labute approximate surface area is 158 Å². The predicted octanol–water partition coefficient (Wildman–Crippen LogP) is -2.95. The lowest BCUT2D eigenvalue weighted by molar-refractivity contribution is -0.324. The van der Waals surface area contributed by atoms with Crippen molar-refractivity contribution in [3.8, 4) is 0 Å². The lowest BCUT2D eigenvalue weighted by Gasteiger charge is -2.49. The van der Waals surface area contributed by atoms with Crippen molar-refractivity contribution in [2.45, 2.75) is 71.1 Å². The first kappa shape index (κ1) is 26.2. The maximum Gasteiger partial charge on any atom is 0.0473 e. The molecule has 0 aromatic heterocycles. The molecule has 0 aliphatic carbocycles. The number of rotatable bonds is 12. The minimum absolute atomic E-state index is 0.0816. The third-order valence-electron chi connectivity index (χ3n) is 5.19. The van der Waals surface area contributed by atoms with Gasteiger partial charge in [0.2, 0.25) is 0 Å². The molecule has 0 heterocycles. The van der Waals surface area contributed by atoms with Gasteiger partial charge in [0, 0.05) is 22.8 Å². The monoisotopic (exact) mass is 426 g/mol. The van der Waals surface area contributed by atoms with Crippen molar-refractivity contribution in [2.24, 2.45) is 10.8 Å². The molecule has 12 heteroatoms. The Morgan fingerprint density at radius 2 is 1.11 bits per heavy atom. The average Bonchev–Trinajstić information content (AvgIpc) is 2.49. The van der Waals surface area contributed by atoms with Crippen molar-refractivity contribution in [3.05, 3.63) is 0 Å². The van der Waals surface area contributed by atoms with E-state index in [1.807, 2.05) is 0 Å². The molecule has 0 saturated carbocycles. The Hall–Kier alpha value is -0.760. The molecule has 0 fully saturated rings. The quantitative estimate of drug-likeness (QED) is 0.290. The number of carboxylic acid groups (broad SMARTS) is 2. The minimum Gasteiger partial charge on any atom is -0.811 e. The molecule has 0 aliphatic heterocycles. The second-order valence-electron chi connectivity index (χ2n) is 7.46. The van der Waals surface area contributed by atoms with Gasteiger partial charge in [-0.1, -0.05) is 42.9 Å². The van der Waals surface area contributed by atoms with Crippen molar-refractivity contribution in [1.82, 2.24) is 0 Å². The van der Waals surface area contributed by atoms with Crippen LogP contribution in [-0.2, 0) is 18.7 Å². The van der Waals surface area contributed by atoms with E-state index >= 15 is 0 Å². The molecule has 0 rings (SSSR count). The number of carbonyl (C=O) groups excluding carboxylic acids is 2. The van der Waals surface area contributed by atoms with Gasteiger partial charge < -0.3 is 48.5 Å². The van der Waals surface area contributed by atoms with Gasteiger partial charge in [0.25, 0.3) is 0 Å². The fourth-order valence-corrected chi connectivity index (χ4v) is 5.28. The summed E-state index contributed by atoms with van der Waals surface area (Å²) in [6, 6.07) is 0. The van der Waals surface area contributed by atoms with Crippen LogP contribution in [0.15, 0.2) is 0 Å². The molecule has 0 radical (unpaired) electrons. The van der Waals surface area contributed by atoms with Crippen LogP contribution < -0.4 is 29.8 Å². The topological polar surface area (TPSA) is 207 Å². The average molecular weight is 426 g/mol. The third kappa shape index (κ3) is 7.29. The summed E-state index contributed by atoms with van der Waals surface area (Å²) in [5.41, 5.74) is -7.37. The van der Waals surface area contributed by atoms with Gasteiger partial charge in [-0.3, -0.25) is 0 Å². The van der Waals surface area contributed by atoms with Crippen molar-refractivity contribution < 1.29 is 48.5 Å². The number of carbonyl (C=O) groups is 2. The summed E-state index contributed by atoms with van der Waals surface area (Å²) in [7, 11) is -10.6. The van der Waals surface area contributed by atoms with E-state index in [1.165, 1.54) is 20.8 Å². The summed E-state index contributed by atoms with van der Waals surface area (Å²) in [6.45, 7) is 4.92. The molecule has 4 atom stereocenters. The molecule has 0 spiro atoms. The minimum atomic E-state index is -5.46. The molecule has 0 aliphatic rings. The molecule has 0 N–H and O–H groups in total. The lowest BCUT2D eigenvalue weighted by atomic mass is 9.75. The van der Waals surface area contributed by atoms with Crippen LogP contribution in [0.5, 0.6) is 0 Å². The SMILES string of the molecule is CCC(CC(C)(CC(CC(C)(CC)C(=O)[O-])P(=O)([O-])[O-])C(=O)[O-])P(=O)([O-])[O-]. The van der Waals surface area contributed by atoms with Crippen LogP contribution in [0.1, 0.15) is 59.8 Å². The Morgan fingerprint density at radius 1 is 0.778 bits per heavy atom. The van der Waals surface area contributed by atoms with E-state index in [4.69, 9.17) is 0 Å². The Balaban J connectivity index is 5.94. The van der Waals surface area contributed by atoms with Crippen molar-refractivity contribution in [2.75, 3.05) is 0 Å². The summed E-state index contributed by atoms with van der Waals surface area (Å²) in [4.78, 5) is 68.9. The number of aliphatic carboxylic acids is 2. The standard InChI is InChI=1S/C15H30O10P2/c1-5-10(26(20,21)22)7-15(4,13(18)19)9-11(27(23,24)25)8-14(3,6-2)12(16)17/h10-11H,5-9H2,1-4H3,(H,16,17)(H,18,19)(H2,20,21,22)(H2,23,24,25)/p-6. The van der Waals surface area contributed by atoms with Crippen molar-refractivity contribution in [1.29, 1.82) is 0 Å². The van der Waals surface area contributed by atoms with Crippen LogP contribution in [0.25, 0.3) is 0 Å². The van der Waals surface area contributed by atoms with Crippen molar-refractivity contribution in [3.63, 3.8) is 0 Å².